The molecule has 0 radical (unpaired) electrons. The minimum atomic E-state index is -0.462. The number of anilines is 1. The zero-order valence-corrected chi connectivity index (χ0v) is 16.4. The molecule has 0 atom stereocenters. The van der Waals surface area contributed by atoms with Gasteiger partial charge in [-0.1, -0.05) is 42.5 Å². The second kappa shape index (κ2) is 9.43. The molecule has 0 bridgehead atoms. The molecule has 0 aliphatic rings. The van der Waals surface area contributed by atoms with Crippen LogP contribution in [0.25, 0.3) is 16.8 Å². The molecular formula is C24H22N2O3. The van der Waals surface area contributed by atoms with Crippen LogP contribution in [-0.2, 0) is 4.79 Å². The lowest BCUT2D eigenvalue weighted by molar-refractivity contribution is -0.112. The van der Waals surface area contributed by atoms with Crippen LogP contribution in [0.3, 0.4) is 0 Å². The smallest absolute Gasteiger partial charge is 0.266 e. The Morgan fingerprint density at radius 3 is 2.48 bits per heavy atom. The molecule has 0 saturated heterocycles. The molecule has 29 heavy (non-hydrogen) atoms. The Morgan fingerprint density at radius 1 is 1.00 bits per heavy atom. The predicted octanol–water partition coefficient (Wildman–Crippen LogP) is 5.18. The lowest BCUT2D eigenvalue weighted by atomic mass is 10.1. The summed E-state index contributed by atoms with van der Waals surface area (Å²) >= 11 is 0. The first kappa shape index (κ1) is 20.0. The average Bonchev–Trinajstić information content (AvgIpc) is 2.74. The highest BCUT2D eigenvalue weighted by atomic mass is 16.5. The van der Waals surface area contributed by atoms with E-state index in [-0.39, 0.29) is 5.57 Å². The van der Waals surface area contributed by atoms with Crippen molar-refractivity contribution in [2.75, 3.05) is 18.5 Å². The van der Waals surface area contributed by atoms with Gasteiger partial charge in [-0.15, -0.1) is 0 Å². The summed E-state index contributed by atoms with van der Waals surface area (Å²) in [5.74, 6) is 0.746. The summed E-state index contributed by atoms with van der Waals surface area (Å²) in [6.45, 7) is 4.79. The number of amides is 1. The number of nitrogens with zero attached hydrogens (tertiary/aromatic N) is 1. The largest absolute Gasteiger partial charge is 0.490 e. The summed E-state index contributed by atoms with van der Waals surface area (Å²) in [5.41, 5.74) is 1.35. The molecule has 0 unspecified atom stereocenters. The van der Waals surface area contributed by atoms with Gasteiger partial charge in [0, 0.05) is 11.1 Å². The van der Waals surface area contributed by atoms with E-state index in [1.807, 2.05) is 62.4 Å². The molecule has 3 aromatic carbocycles. The number of carbonyl (C=O) groups excluding carboxylic acids is 1. The zero-order valence-electron chi connectivity index (χ0n) is 16.4. The van der Waals surface area contributed by atoms with E-state index in [2.05, 4.69) is 5.32 Å². The van der Waals surface area contributed by atoms with E-state index in [4.69, 9.17) is 9.47 Å². The van der Waals surface area contributed by atoms with E-state index < -0.39 is 5.91 Å². The molecule has 0 fully saturated rings. The van der Waals surface area contributed by atoms with Crippen molar-refractivity contribution in [1.29, 1.82) is 5.26 Å². The Balaban J connectivity index is 1.88. The van der Waals surface area contributed by atoms with Crippen LogP contribution in [0.4, 0.5) is 5.69 Å². The first-order chi connectivity index (χ1) is 14.2. The minimum Gasteiger partial charge on any atom is -0.490 e. The highest BCUT2D eigenvalue weighted by Crippen LogP contribution is 2.29. The molecule has 1 N–H and O–H groups in total. The van der Waals surface area contributed by atoms with Gasteiger partial charge in [-0.05, 0) is 49.1 Å². The maximum Gasteiger partial charge on any atom is 0.266 e. The number of benzene rings is 3. The number of ether oxygens (including phenoxy) is 2. The number of carbonyl (C=O) groups is 1. The van der Waals surface area contributed by atoms with E-state index in [0.29, 0.717) is 36.0 Å². The topological polar surface area (TPSA) is 71.3 Å². The molecule has 0 aromatic heterocycles. The van der Waals surface area contributed by atoms with Crippen molar-refractivity contribution in [3.8, 4) is 17.6 Å². The number of hydrogen-bond donors (Lipinski definition) is 1. The van der Waals surface area contributed by atoms with Gasteiger partial charge in [0.25, 0.3) is 5.91 Å². The number of fused-ring (bicyclic) bond motifs is 1. The third-order valence-corrected chi connectivity index (χ3v) is 4.28. The van der Waals surface area contributed by atoms with Crippen LogP contribution >= 0.6 is 0 Å². The SMILES string of the molecule is CCOc1ccc(/C=C(/C#N)C(=O)Nc2cccc3ccccc23)cc1OCC. The van der Waals surface area contributed by atoms with Gasteiger partial charge >= 0.3 is 0 Å². The molecule has 0 aliphatic carbocycles. The fraction of sp³-hybridized carbons (Fsp3) is 0.167. The quantitative estimate of drug-likeness (QED) is 0.448. The maximum atomic E-state index is 12.7. The van der Waals surface area contributed by atoms with Crippen LogP contribution in [0, 0.1) is 11.3 Å². The molecule has 0 saturated carbocycles. The molecule has 0 heterocycles. The molecule has 1 amide bonds. The summed E-state index contributed by atoms with van der Waals surface area (Å²) < 4.78 is 11.2. The van der Waals surface area contributed by atoms with Gasteiger partial charge in [0.1, 0.15) is 11.6 Å². The van der Waals surface area contributed by atoms with Crippen LogP contribution in [0.15, 0.2) is 66.2 Å². The minimum absolute atomic E-state index is 0.00421. The Labute approximate surface area is 170 Å². The summed E-state index contributed by atoms with van der Waals surface area (Å²) in [7, 11) is 0. The highest BCUT2D eigenvalue weighted by Gasteiger charge is 2.12. The van der Waals surface area contributed by atoms with Crippen molar-refractivity contribution in [2.45, 2.75) is 13.8 Å². The van der Waals surface area contributed by atoms with Gasteiger partial charge in [-0.3, -0.25) is 4.79 Å². The fourth-order valence-electron chi connectivity index (χ4n) is 3.00. The molecule has 146 valence electrons. The van der Waals surface area contributed by atoms with Crippen LogP contribution in [-0.4, -0.2) is 19.1 Å². The van der Waals surface area contributed by atoms with E-state index in [1.54, 1.807) is 24.3 Å². The van der Waals surface area contributed by atoms with Gasteiger partial charge < -0.3 is 14.8 Å². The van der Waals surface area contributed by atoms with Crippen molar-refractivity contribution < 1.29 is 14.3 Å². The number of nitrogens with one attached hydrogen (secondary N) is 1. The molecule has 0 aliphatic heterocycles. The first-order valence-corrected chi connectivity index (χ1v) is 9.46. The summed E-state index contributed by atoms with van der Waals surface area (Å²) in [4.78, 5) is 12.7. The Morgan fingerprint density at radius 2 is 1.72 bits per heavy atom. The van der Waals surface area contributed by atoms with E-state index in [0.717, 1.165) is 10.8 Å². The number of rotatable bonds is 7. The second-order valence-electron chi connectivity index (χ2n) is 6.22. The van der Waals surface area contributed by atoms with Gasteiger partial charge in [-0.25, -0.2) is 0 Å². The summed E-state index contributed by atoms with van der Waals surface area (Å²) in [5, 5.41) is 14.3. The second-order valence-corrected chi connectivity index (χ2v) is 6.22. The molecule has 0 spiro atoms. The highest BCUT2D eigenvalue weighted by molar-refractivity contribution is 6.12. The first-order valence-electron chi connectivity index (χ1n) is 9.46. The van der Waals surface area contributed by atoms with Crippen molar-refractivity contribution in [3.05, 3.63) is 71.8 Å². The monoisotopic (exact) mass is 386 g/mol. The molecule has 3 rings (SSSR count). The standard InChI is InChI=1S/C24H22N2O3/c1-3-28-22-13-12-17(15-23(22)29-4-2)14-19(16-25)24(27)26-21-11-7-9-18-8-5-6-10-20(18)21/h5-15H,3-4H2,1-2H3,(H,26,27)/b19-14-. The van der Waals surface area contributed by atoms with Gasteiger partial charge in [0.05, 0.1) is 13.2 Å². The summed E-state index contributed by atoms with van der Waals surface area (Å²) in [6.07, 6.45) is 1.54. The third-order valence-electron chi connectivity index (χ3n) is 4.28. The Hall–Kier alpha value is -3.78. The van der Waals surface area contributed by atoms with Crippen molar-refractivity contribution >= 4 is 28.4 Å². The lowest BCUT2D eigenvalue weighted by Crippen LogP contribution is -2.13. The molecule has 5 nitrogen and oxygen atoms in total. The number of nitriles is 1. The van der Waals surface area contributed by atoms with Gasteiger partial charge in [0.15, 0.2) is 11.5 Å². The third kappa shape index (κ3) is 4.74. The fourth-order valence-corrected chi connectivity index (χ4v) is 3.00. The van der Waals surface area contributed by atoms with E-state index >= 15 is 0 Å². The van der Waals surface area contributed by atoms with Crippen molar-refractivity contribution in [2.24, 2.45) is 0 Å². The zero-order chi connectivity index (χ0) is 20.6. The van der Waals surface area contributed by atoms with E-state index in [9.17, 15) is 10.1 Å². The Kier molecular flexibility index (Phi) is 6.49. The van der Waals surface area contributed by atoms with Crippen molar-refractivity contribution in [3.63, 3.8) is 0 Å². The molecule has 5 heteroatoms. The Bertz CT molecular complexity index is 1090. The molecular weight excluding hydrogens is 364 g/mol. The summed E-state index contributed by atoms with van der Waals surface area (Å²) in [6, 6.07) is 20.7. The van der Waals surface area contributed by atoms with Crippen LogP contribution in [0.5, 0.6) is 11.5 Å². The predicted molar refractivity (Wildman–Crippen MR) is 115 cm³/mol. The van der Waals surface area contributed by atoms with Crippen molar-refractivity contribution in [1.82, 2.24) is 0 Å². The lowest BCUT2D eigenvalue weighted by Gasteiger charge is -2.11. The maximum absolute atomic E-state index is 12.7. The average molecular weight is 386 g/mol. The number of hydrogen-bond acceptors (Lipinski definition) is 4. The van der Waals surface area contributed by atoms with E-state index in [1.165, 1.54) is 0 Å². The normalized spacial score (nSPS) is 11.0. The van der Waals surface area contributed by atoms with Gasteiger partial charge in [-0.2, -0.15) is 5.26 Å². The van der Waals surface area contributed by atoms with Crippen LogP contribution in [0.2, 0.25) is 0 Å². The van der Waals surface area contributed by atoms with Crippen LogP contribution < -0.4 is 14.8 Å². The van der Waals surface area contributed by atoms with Crippen LogP contribution in [0.1, 0.15) is 19.4 Å². The van der Waals surface area contributed by atoms with Gasteiger partial charge in [0.2, 0.25) is 0 Å². The molecule has 3 aromatic rings.